The summed E-state index contributed by atoms with van der Waals surface area (Å²) in [7, 11) is 2.02. The fourth-order valence-corrected chi connectivity index (χ4v) is 2.50. The lowest BCUT2D eigenvalue weighted by Gasteiger charge is -2.10. The Bertz CT molecular complexity index is 516. The van der Waals surface area contributed by atoms with E-state index in [2.05, 4.69) is 48.0 Å². The van der Waals surface area contributed by atoms with Crippen molar-refractivity contribution in [3.05, 3.63) is 30.1 Å². The van der Waals surface area contributed by atoms with Gasteiger partial charge in [0.25, 0.3) is 0 Å². The van der Waals surface area contributed by atoms with E-state index >= 15 is 0 Å². The van der Waals surface area contributed by atoms with Gasteiger partial charge in [0.2, 0.25) is 0 Å². The first-order valence-corrected chi connectivity index (χ1v) is 7.37. The van der Waals surface area contributed by atoms with E-state index in [-0.39, 0.29) is 0 Å². The van der Waals surface area contributed by atoms with Crippen LogP contribution in [0.3, 0.4) is 0 Å². The van der Waals surface area contributed by atoms with Gasteiger partial charge in [-0.1, -0.05) is 19.1 Å². The Labute approximate surface area is 116 Å². The second-order valence-electron chi connectivity index (χ2n) is 5.25. The summed E-state index contributed by atoms with van der Waals surface area (Å²) in [5, 5.41) is 3.29. The SMILES string of the molecule is CCCn1c(CCCC(C)NC)nc2ccccc21. The maximum Gasteiger partial charge on any atom is 0.109 e. The van der Waals surface area contributed by atoms with Gasteiger partial charge in [-0.25, -0.2) is 4.98 Å². The highest BCUT2D eigenvalue weighted by molar-refractivity contribution is 5.75. The van der Waals surface area contributed by atoms with Crippen molar-refractivity contribution in [2.75, 3.05) is 7.05 Å². The van der Waals surface area contributed by atoms with E-state index in [0.717, 1.165) is 24.9 Å². The van der Waals surface area contributed by atoms with Crippen LogP contribution in [0.2, 0.25) is 0 Å². The molecule has 1 N–H and O–H groups in total. The van der Waals surface area contributed by atoms with Crippen molar-refractivity contribution in [1.82, 2.24) is 14.9 Å². The lowest BCUT2D eigenvalue weighted by atomic mass is 10.1. The van der Waals surface area contributed by atoms with Gasteiger partial charge in [0.1, 0.15) is 5.82 Å². The van der Waals surface area contributed by atoms with Gasteiger partial charge in [0.15, 0.2) is 0 Å². The van der Waals surface area contributed by atoms with E-state index in [1.54, 1.807) is 0 Å². The van der Waals surface area contributed by atoms with E-state index in [4.69, 9.17) is 4.98 Å². The number of benzene rings is 1. The van der Waals surface area contributed by atoms with Crippen molar-refractivity contribution in [2.24, 2.45) is 0 Å². The summed E-state index contributed by atoms with van der Waals surface area (Å²) in [6.07, 6.45) is 4.61. The number of fused-ring (bicyclic) bond motifs is 1. The van der Waals surface area contributed by atoms with Gasteiger partial charge >= 0.3 is 0 Å². The Balaban J connectivity index is 2.14. The Kier molecular flexibility index (Phi) is 4.97. The van der Waals surface area contributed by atoms with Crippen LogP contribution < -0.4 is 5.32 Å². The summed E-state index contributed by atoms with van der Waals surface area (Å²) in [5.41, 5.74) is 2.41. The standard InChI is InChI=1S/C16H25N3/c1-4-12-19-15-10-6-5-9-14(15)18-16(19)11-7-8-13(2)17-3/h5-6,9-10,13,17H,4,7-8,11-12H2,1-3H3. The van der Waals surface area contributed by atoms with Crippen LogP contribution in [0.4, 0.5) is 0 Å². The summed E-state index contributed by atoms with van der Waals surface area (Å²) in [4.78, 5) is 4.80. The molecule has 3 nitrogen and oxygen atoms in total. The van der Waals surface area contributed by atoms with Gasteiger partial charge in [-0.15, -0.1) is 0 Å². The third kappa shape index (κ3) is 3.35. The van der Waals surface area contributed by atoms with Crippen LogP contribution in [0.5, 0.6) is 0 Å². The molecule has 0 saturated heterocycles. The molecule has 1 unspecified atom stereocenters. The van der Waals surface area contributed by atoms with Crippen molar-refractivity contribution in [3.8, 4) is 0 Å². The van der Waals surface area contributed by atoms with Crippen LogP contribution in [0, 0.1) is 0 Å². The molecule has 1 aromatic heterocycles. The molecule has 0 aliphatic rings. The Morgan fingerprint density at radius 3 is 2.84 bits per heavy atom. The molecule has 1 aromatic carbocycles. The third-order valence-corrected chi connectivity index (χ3v) is 3.71. The summed E-state index contributed by atoms with van der Waals surface area (Å²) in [5.74, 6) is 1.24. The summed E-state index contributed by atoms with van der Waals surface area (Å²) >= 11 is 0. The van der Waals surface area contributed by atoms with E-state index in [1.807, 2.05) is 7.05 Å². The number of nitrogens with zero attached hydrogens (tertiary/aromatic N) is 2. The Morgan fingerprint density at radius 2 is 2.11 bits per heavy atom. The molecule has 104 valence electrons. The number of imidazole rings is 1. The number of para-hydroxylation sites is 2. The number of nitrogens with one attached hydrogen (secondary N) is 1. The zero-order valence-corrected chi connectivity index (χ0v) is 12.3. The van der Waals surface area contributed by atoms with Crippen LogP contribution in [0.15, 0.2) is 24.3 Å². The van der Waals surface area contributed by atoms with E-state index in [0.29, 0.717) is 6.04 Å². The summed E-state index contributed by atoms with van der Waals surface area (Å²) in [6.45, 7) is 5.52. The van der Waals surface area contributed by atoms with Crippen molar-refractivity contribution in [2.45, 2.75) is 52.1 Å². The smallest absolute Gasteiger partial charge is 0.109 e. The van der Waals surface area contributed by atoms with Crippen molar-refractivity contribution >= 4 is 11.0 Å². The molecule has 0 radical (unpaired) electrons. The van der Waals surface area contributed by atoms with E-state index in [1.165, 1.54) is 24.2 Å². The third-order valence-electron chi connectivity index (χ3n) is 3.71. The second-order valence-corrected chi connectivity index (χ2v) is 5.25. The van der Waals surface area contributed by atoms with Crippen LogP contribution in [-0.4, -0.2) is 22.6 Å². The monoisotopic (exact) mass is 259 g/mol. The molecule has 1 atom stereocenters. The topological polar surface area (TPSA) is 29.9 Å². The molecule has 2 aromatic rings. The van der Waals surface area contributed by atoms with Crippen LogP contribution in [-0.2, 0) is 13.0 Å². The fraction of sp³-hybridized carbons (Fsp3) is 0.562. The van der Waals surface area contributed by atoms with E-state index in [9.17, 15) is 0 Å². The summed E-state index contributed by atoms with van der Waals surface area (Å²) in [6, 6.07) is 9.05. The molecular formula is C16H25N3. The Hall–Kier alpha value is -1.35. The van der Waals surface area contributed by atoms with Crippen LogP contribution in [0.25, 0.3) is 11.0 Å². The first-order chi connectivity index (χ1) is 9.26. The van der Waals surface area contributed by atoms with Gasteiger partial charge in [-0.2, -0.15) is 0 Å². The van der Waals surface area contributed by atoms with Crippen LogP contribution >= 0.6 is 0 Å². The molecule has 0 bridgehead atoms. The largest absolute Gasteiger partial charge is 0.328 e. The zero-order chi connectivity index (χ0) is 13.7. The van der Waals surface area contributed by atoms with E-state index < -0.39 is 0 Å². The number of aromatic nitrogens is 2. The fourth-order valence-electron chi connectivity index (χ4n) is 2.50. The predicted octanol–water partition coefficient (Wildman–Crippen LogP) is 3.38. The maximum absolute atomic E-state index is 4.80. The quantitative estimate of drug-likeness (QED) is 0.826. The molecule has 3 heteroatoms. The van der Waals surface area contributed by atoms with Gasteiger partial charge in [-0.05, 0) is 45.4 Å². The van der Waals surface area contributed by atoms with Crippen molar-refractivity contribution in [3.63, 3.8) is 0 Å². The zero-order valence-electron chi connectivity index (χ0n) is 12.3. The highest BCUT2D eigenvalue weighted by atomic mass is 15.1. The average Bonchev–Trinajstić information content (AvgIpc) is 2.77. The number of aryl methyl sites for hydroxylation is 2. The van der Waals surface area contributed by atoms with Crippen molar-refractivity contribution < 1.29 is 0 Å². The molecule has 0 saturated carbocycles. The highest BCUT2D eigenvalue weighted by Crippen LogP contribution is 2.18. The van der Waals surface area contributed by atoms with Crippen LogP contribution in [0.1, 0.15) is 38.9 Å². The summed E-state index contributed by atoms with van der Waals surface area (Å²) < 4.78 is 2.39. The molecule has 19 heavy (non-hydrogen) atoms. The molecule has 0 fully saturated rings. The molecule has 0 spiro atoms. The first-order valence-electron chi connectivity index (χ1n) is 7.37. The van der Waals surface area contributed by atoms with Gasteiger partial charge in [0.05, 0.1) is 11.0 Å². The molecule has 2 rings (SSSR count). The number of hydrogen-bond donors (Lipinski definition) is 1. The minimum Gasteiger partial charge on any atom is -0.328 e. The van der Waals surface area contributed by atoms with Crippen molar-refractivity contribution in [1.29, 1.82) is 0 Å². The highest BCUT2D eigenvalue weighted by Gasteiger charge is 2.09. The minimum atomic E-state index is 0.587. The number of hydrogen-bond acceptors (Lipinski definition) is 2. The molecule has 0 amide bonds. The van der Waals surface area contributed by atoms with Gasteiger partial charge in [-0.3, -0.25) is 0 Å². The Morgan fingerprint density at radius 1 is 1.32 bits per heavy atom. The average molecular weight is 259 g/mol. The second kappa shape index (κ2) is 6.71. The first kappa shape index (κ1) is 14.1. The normalized spacial score (nSPS) is 13.0. The lowest BCUT2D eigenvalue weighted by molar-refractivity contribution is 0.529. The van der Waals surface area contributed by atoms with Gasteiger partial charge < -0.3 is 9.88 Å². The maximum atomic E-state index is 4.80. The number of rotatable bonds is 7. The predicted molar refractivity (Wildman–Crippen MR) is 81.5 cm³/mol. The molecular weight excluding hydrogens is 234 g/mol. The molecule has 0 aliphatic heterocycles. The molecule has 0 aliphatic carbocycles. The minimum absolute atomic E-state index is 0.587. The lowest BCUT2D eigenvalue weighted by Crippen LogP contribution is -2.21. The molecule has 1 heterocycles. The van der Waals surface area contributed by atoms with Gasteiger partial charge in [0, 0.05) is 19.0 Å².